The largest absolute Gasteiger partial charge is 0.494 e. The Morgan fingerprint density at radius 1 is 1.35 bits per heavy atom. The molecular weight excluding hydrogens is 236 g/mol. The van der Waals surface area contributed by atoms with Crippen LogP contribution in [-0.2, 0) is 4.79 Å². The molecule has 0 spiro atoms. The first-order chi connectivity index (χ1) is 8.08. The van der Waals surface area contributed by atoms with Crippen LogP contribution in [0.2, 0.25) is 0 Å². The van der Waals surface area contributed by atoms with Gasteiger partial charge in [0.05, 0.1) is 12.4 Å². The van der Waals surface area contributed by atoms with Gasteiger partial charge in [0.1, 0.15) is 5.75 Å². The fourth-order valence-electron chi connectivity index (χ4n) is 1.19. The molecule has 0 radical (unpaired) electrons. The van der Waals surface area contributed by atoms with Crippen molar-refractivity contribution < 1.29 is 14.6 Å². The Labute approximate surface area is 106 Å². The van der Waals surface area contributed by atoms with E-state index in [1.165, 1.54) is 11.8 Å². The maximum atomic E-state index is 10.4. The van der Waals surface area contributed by atoms with E-state index in [1.54, 1.807) is 0 Å². The van der Waals surface area contributed by atoms with Crippen LogP contribution in [0.3, 0.4) is 0 Å². The number of thioether (sulfide) groups is 1. The summed E-state index contributed by atoms with van der Waals surface area (Å²) in [4.78, 5) is 11.3. The molecule has 3 nitrogen and oxygen atoms in total. The summed E-state index contributed by atoms with van der Waals surface area (Å²) >= 11 is 1.31. The smallest absolute Gasteiger partial charge is 0.313 e. The zero-order valence-electron chi connectivity index (χ0n) is 10.2. The molecule has 0 heterocycles. The van der Waals surface area contributed by atoms with E-state index in [2.05, 4.69) is 13.8 Å². The quantitative estimate of drug-likeness (QED) is 0.758. The summed E-state index contributed by atoms with van der Waals surface area (Å²) in [5.74, 6) is 0.770. The molecule has 0 unspecified atom stereocenters. The van der Waals surface area contributed by atoms with Gasteiger partial charge in [-0.3, -0.25) is 4.79 Å². The monoisotopic (exact) mass is 254 g/mol. The molecule has 0 aliphatic carbocycles. The van der Waals surface area contributed by atoms with E-state index in [1.807, 2.05) is 24.3 Å². The number of ether oxygens (including phenoxy) is 1. The number of carboxylic acid groups (broad SMARTS) is 1. The lowest BCUT2D eigenvalue weighted by atomic mass is 10.1. The number of hydrogen-bond acceptors (Lipinski definition) is 3. The van der Waals surface area contributed by atoms with Gasteiger partial charge >= 0.3 is 5.97 Å². The average Bonchev–Trinajstić information content (AvgIpc) is 2.27. The molecule has 1 N–H and O–H groups in total. The van der Waals surface area contributed by atoms with Crippen LogP contribution in [0.15, 0.2) is 29.2 Å². The SMILES string of the molecule is CC(C)CCOc1ccc(SCC(=O)O)cc1. The first-order valence-corrected chi connectivity index (χ1v) is 6.64. The predicted octanol–water partition coefficient (Wildman–Crippen LogP) is 3.29. The van der Waals surface area contributed by atoms with E-state index in [9.17, 15) is 4.79 Å². The van der Waals surface area contributed by atoms with E-state index >= 15 is 0 Å². The van der Waals surface area contributed by atoms with Crippen LogP contribution < -0.4 is 4.74 Å². The molecule has 0 aliphatic rings. The third kappa shape index (κ3) is 6.22. The Morgan fingerprint density at radius 3 is 2.53 bits per heavy atom. The van der Waals surface area contributed by atoms with Crippen LogP contribution in [0.25, 0.3) is 0 Å². The third-order valence-corrected chi connectivity index (χ3v) is 3.15. The van der Waals surface area contributed by atoms with Crippen LogP contribution in [0, 0.1) is 5.92 Å². The summed E-state index contributed by atoms with van der Waals surface area (Å²) in [5, 5.41) is 8.55. The van der Waals surface area contributed by atoms with Crippen LogP contribution in [0.1, 0.15) is 20.3 Å². The van der Waals surface area contributed by atoms with E-state index in [4.69, 9.17) is 9.84 Å². The van der Waals surface area contributed by atoms with Gasteiger partial charge in [0.2, 0.25) is 0 Å². The van der Waals surface area contributed by atoms with Gasteiger partial charge < -0.3 is 9.84 Å². The van der Waals surface area contributed by atoms with Gasteiger partial charge in [-0.2, -0.15) is 0 Å². The topological polar surface area (TPSA) is 46.5 Å². The Morgan fingerprint density at radius 2 is 2.00 bits per heavy atom. The van der Waals surface area contributed by atoms with Gasteiger partial charge in [-0.05, 0) is 36.6 Å². The normalized spacial score (nSPS) is 10.5. The highest BCUT2D eigenvalue weighted by atomic mass is 32.2. The van der Waals surface area contributed by atoms with E-state index in [-0.39, 0.29) is 5.75 Å². The van der Waals surface area contributed by atoms with Gasteiger partial charge in [0.25, 0.3) is 0 Å². The molecular formula is C13H18O3S. The summed E-state index contributed by atoms with van der Waals surface area (Å²) in [7, 11) is 0. The zero-order valence-corrected chi connectivity index (χ0v) is 11.0. The van der Waals surface area contributed by atoms with Crippen LogP contribution in [0.4, 0.5) is 0 Å². The molecule has 0 aromatic heterocycles. The maximum absolute atomic E-state index is 10.4. The molecule has 0 saturated heterocycles. The van der Waals surface area contributed by atoms with Gasteiger partial charge in [-0.25, -0.2) is 0 Å². The Balaban J connectivity index is 2.36. The molecule has 1 aromatic carbocycles. The molecule has 0 saturated carbocycles. The minimum Gasteiger partial charge on any atom is -0.494 e. The van der Waals surface area contributed by atoms with Crippen molar-refractivity contribution in [3.05, 3.63) is 24.3 Å². The second kappa shape index (κ2) is 7.22. The van der Waals surface area contributed by atoms with Crippen LogP contribution >= 0.6 is 11.8 Å². The first kappa shape index (κ1) is 13.9. The minimum atomic E-state index is -0.799. The summed E-state index contributed by atoms with van der Waals surface area (Å²) in [6, 6.07) is 7.53. The van der Waals surface area contributed by atoms with Crippen LogP contribution in [-0.4, -0.2) is 23.4 Å². The Hall–Kier alpha value is -1.16. The fourth-order valence-corrected chi connectivity index (χ4v) is 1.81. The molecule has 1 aromatic rings. The van der Waals surface area contributed by atoms with E-state index < -0.39 is 5.97 Å². The number of aliphatic carboxylic acids is 1. The van der Waals surface area contributed by atoms with Gasteiger partial charge in [0, 0.05) is 4.90 Å². The molecule has 0 bridgehead atoms. The molecule has 1 rings (SSSR count). The number of rotatable bonds is 7. The molecule has 4 heteroatoms. The lowest BCUT2D eigenvalue weighted by Crippen LogP contribution is -2.01. The molecule has 0 fully saturated rings. The van der Waals surface area contributed by atoms with Crippen molar-refractivity contribution in [1.82, 2.24) is 0 Å². The highest BCUT2D eigenvalue weighted by Crippen LogP contribution is 2.21. The molecule has 0 aliphatic heterocycles. The van der Waals surface area contributed by atoms with E-state index in [0.717, 1.165) is 23.7 Å². The van der Waals surface area contributed by atoms with E-state index in [0.29, 0.717) is 5.92 Å². The van der Waals surface area contributed by atoms with Crippen molar-refractivity contribution in [3.8, 4) is 5.75 Å². The lowest BCUT2D eigenvalue weighted by Gasteiger charge is -2.08. The number of hydrogen-bond donors (Lipinski definition) is 1. The summed E-state index contributed by atoms with van der Waals surface area (Å²) in [6.45, 7) is 5.04. The number of carbonyl (C=O) groups is 1. The van der Waals surface area contributed by atoms with Crippen molar-refractivity contribution >= 4 is 17.7 Å². The predicted molar refractivity (Wildman–Crippen MR) is 69.8 cm³/mol. The van der Waals surface area contributed by atoms with Crippen molar-refractivity contribution in [2.75, 3.05) is 12.4 Å². The number of carboxylic acids is 1. The number of benzene rings is 1. The van der Waals surface area contributed by atoms with Crippen LogP contribution in [0.5, 0.6) is 5.75 Å². The highest BCUT2D eigenvalue weighted by Gasteiger charge is 2.00. The Kier molecular flexibility index (Phi) is 5.91. The van der Waals surface area contributed by atoms with Crippen molar-refractivity contribution in [2.24, 2.45) is 5.92 Å². The second-order valence-electron chi connectivity index (χ2n) is 4.18. The minimum absolute atomic E-state index is 0.0908. The summed E-state index contributed by atoms with van der Waals surface area (Å²) in [5.41, 5.74) is 0. The third-order valence-electron chi connectivity index (χ3n) is 2.15. The van der Waals surface area contributed by atoms with Crippen molar-refractivity contribution in [1.29, 1.82) is 0 Å². The lowest BCUT2D eigenvalue weighted by molar-refractivity contribution is -0.133. The summed E-state index contributed by atoms with van der Waals surface area (Å²) in [6.07, 6.45) is 1.04. The highest BCUT2D eigenvalue weighted by molar-refractivity contribution is 8.00. The molecule has 0 amide bonds. The fraction of sp³-hybridized carbons (Fsp3) is 0.462. The summed E-state index contributed by atoms with van der Waals surface area (Å²) < 4.78 is 5.57. The average molecular weight is 254 g/mol. The first-order valence-electron chi connectivity index (χ1n) is 5.65. The maximum Gasteiger partial charge on any atom is 0.313 e. The Bertz CT molecular complexity index is 346. The molecule has 94 valence electrons. The standard InChI is InChI=1S/C13H18O3S/c1-10(2)7-8-16-11-3-5-12(6-4-11)17-9-13(14)15/h3-6,10H,7-9H2,1-2H3,(H,14,15). The van der Waals surface area contributed by atoms with Gasteiger partial charge in [-0.15, -0.1) is 11.8 Å². The van der Waals surface area contributed by atoms with Crippen molar-refractivity contribution in [3.63, 3.8) is 0 Å². The zero-order chi connectivity index (χ0) is 12.7. The van der Waals surface area contributed by atoms with Gasteiger partial charge in [0.15, 0.2) is 0 Å². The van der Waals surface area contributed by atoms with Gasteiger partial charge in [-0.1, -0.05) is 13.8 Å². The molecule has 17 heavy (non-hydrogen) atoms. The molecule has 0 atom stereocenters. The van der Waals surface area contributed by atoms with Crippen molar-refractivity contribution in [2.45, 2.75) is 25.2 Å². The second-order valence-corrected chi connectivity index (χ2v) is 5.23.